The Balaban J connectivity index is 2.28. The van der Waals surface area contributed by atoms with E-state index in [-0.39, 0.29) is 24.5 Å². The van der Waals surface area contributed by atoms with E-state index in [9.17, 15) is 4.79 Å². The van der Waals surface area contributed by atoms with Gasteiger partial charge in [0.05, 0.1) is 12.6 Å². The highest BCUT2D eigenvalue weighted by atomic mass is 32.2. The minimum absolute atomic E-state index is 0.0317. The number of aliphatic hydroxyl groups is 1. The van der Waals surface area contributed by atoms with E-state index in [1.807, 2.05) is 25.6 Å². The van der Waals surface area contributed by atoms with Gasteiger partial charge in [-0.25, -0.2) is 0 Å². The number of hydrogen-bond donors (Lipinski definition) is 2. The number of thioether (sulfide) groups is 1. The molecule has 0 radical (unpaired) electrons. The molecule has 0 aromatic rings. The maximum Gasteiger partial charge on any atom is 0.220 e. The molecule has 4 heteroatoms. The van der Waals surface area contributed by atoms with Gasteiger partial charge in [0.1, 0.15) is 0 Å². The van der Waals surface area contributed by atoms with Gasteiger partial charge in [0, 0.05) is 6.42 Å². The van der Waals surface area contributed by atoms with E-state index in [2.05, 4.69) is 5.32 Å². The second kappa shape index (κ2) is 7.17. The summed E-state index contributed by atoms with van der Waals surface area (Å²) in [4.78, 5) is 11.8. The van der Waals surface area contributed by atoms with Crippen LogP contribution in [0.2, 0.25) is 0 Å². The predicted octanol–water partition coefficient (Wildman–Crippen LogP) is 1.65. The van der Waals surface area contributed by atoms with Crippen LogP contribution < -0.4 is 5.32 Å². The van der Waals surface area contributed by atoms with Crippen molar-refractivity contribution in [2.45, 2.75) is 39.2 Å². The minimum Gasteiger partial charge on any atom is -0.394 e. The molecule has 1 aliphatic rings. The molecule has 1 amide bonds. The van der Waals surface area contributed by atoms with Crippen molar-refractivity contribution in [2.75, 3.05) is 18.1 Å². The van der Waals surface area contributed by atoms with Crippen molar-refractivity contribution in [1.82, 2.24) is 5.32 Å². The smallest absolute Gasteiger partial charge is 0.220 e. The second-order valence-electron chi connectivity index (χ2n) is 4.86. The number of rotatable bonds is 5. The Morgan fingerprint density at radius 3 is 2.56 bits per heavy atom. The standard InChI is InChI=1S/C12H23NO2S/c1-9(2)11(8-14)13-12(15)7-10-3-5-16-6-4-10/h9-11,14H,3-8H2,1-2H3,(H,13,15)/t11-/m1/s1. The van der Waals surface area contributed by atoms with Gasteiger partial charge in [0.15, 0.2) is 0 Å². The molecule has 0 aromatic heterocycles. The molecule has 2 N–H and O–H groups in total. The van der Waals surface area contributed by atoms with Gasteiger partial charge in [0.25, 0.3) is 0 Å². The summed E-state index contributed by atoms with van der Waals surface area (Å²) in [6, 6.07) is -0.0922. The first-order valence-electron chi connectivity index (χ1n) is 6.11. The van der Waals surface area contributed by atoms with Crippen LogP contribution in [0.4, 0.5) is 0 Å². The SMILES string of the molecule is CC(C)[C@@H](CO)NC(=O)CC1CCSCC1. The molecular formula is C12H23NO2S. The zero-order valence-corrected chi connectivity index (χ0v) is 11.1. The molecule has 0 bridgehead atoms. The zero-order chi connectivity index (χ0) is 12.0. The van der Waals surface area contributed by atoms with Gasteiger partial charge in [-0.3, -0.25) is 4.79 Å². The molecule has 3 nitrogen and oxygen atoms in total. The highest BCUT2D eigenvalue weighted by molar-refractivity contribution is 7.99. The fourth-order valence-electron chi connectivity index (χ4n) is 1.90. The lowest BCUT2D eigenvalue weighted by Gasteiger charge is -2.24. The highest BCUT2D eigenvalue weighted by Crippen LogP contribution is 2.25. The van der Waals surface area contributed by atoms with Crippen LogP contribution in [0.5, 0.6) is 0 Å². The molecule has 0 aliphatic carbocycles. The Bertz CT molecular complexity index is 215. The third kappa shape index (κ3) is 4.74. The maximum absolute atomic E-state index is 11.8. The van der Waals surface area contributed by atoms with E-state index in [1.165, 1.54) is 11.5 Å². The Morgan fingerprint density at radius 1 is 1.44 bits per heavy atom. The average Bonchev–Trinajstić information content (AvgIpc) is 2.27. The Hall–Kier alpha value is -0.220. The molecule has 0 saturated carbocycles. The molecule has 0 unspecified atom stereocenters. The Kier molecular flexibility index (Phi) is 6.21. The molecule has 1 rings (SSSR count). The van der Waals surface area contributed by atoms with E-state index < -0.39 is 0 Å². The largest absolute Gasteiger partial charge is 0.394 e. The van der Waals surface area contributed by atoms with E-state index in [4.69, 9.17) is 5.11 Å². The number of amides is 1. The molecule has 1 fully saturated rings. The topological polar surface area (TPSA) is 49.3 Å². The first kappa shape index (κ1) is 13.8. The summed E-state index contributed by atoms with van der Waals surface area (Å²) in [5, 5.41) is 12.1. The van der Waals surface area contributed by atoms with Crippen LogP contribution in [-0.2, 0) is 4.79 Å². The van der Waals surface area contributed by atoms with Crippen molar-refractivity contribution >= 4 is 17.7 Å². The van der Waals surface area contributed by atoms with Crippen molar-refractivity contribution in [1.29, 1.82) is 0 Å². The van der Waals surface area contributed by atoms with Gasteiger partial charge < -0.3 is 10.4 Å². The van der Waals surface area contributed by atoms with Crippen LogP contribution in [0.15, 0.2) is 0 Å². The van der Waals surface area contributed by atoms with Gasteiger partial charge in [0.2, 0.25) is 5.91 Å². The molecule has 1 aliphatic heterocycles. The Labute approximate surface area is 102 Å². The lowest BCUT2D eigenvalue weighted by Crippen LogP contribution is -2.41. The Morgan fingerprint density at radius 2 is 2.06 bits per heavy atom. The molecule has 1 atom stereocenters. The normalized spacial score (nSPS) is 19.8. The molecular weight excluding hydrogens is 222 g/mol. The van der Waals surface area contributed by atoms with Gasteiger partial charge in [-0.1, -0.05) is 13.8 Å². The number of hydrogen-bond acceptors (Lipinski definition) is 3. The van der Waals surface area contributed by atoms with E-state index >= 15 is 0 Å². The van der Waals surface area contributed by atoms with Gasteiger partial charge in [-0.15, -0.1) is 0 Å². The minimum atomic E-state index is -0.0922. The highest BCUT2D eigenvalue weighted by Gasteiger charge is 2.20. The monoisotopic (exact) mass is 245 g/mol. The molecule has 0 spiro atoms. The van der Waals surface area contributed by atoms with Crippen LogP contribution in [0.25, 0.3) is 0 Å². The van der Waals surface area contributed by atoms with Crippen LogP contribution in [0, 0.1) is 11.8 Å². The zero-order valence-electron chi connectivity index (χ0n) is 10.2. The third-order valence-electron chi connectivity index (χ3n) is 3.16. The first-order chi connectivity index (χ1) is 7.63. The van der Waals surface area contributed by atoms with Crippen molar-refractivity contribution in [3.8, 4) is 0 Å². The molecule has 94 valence electrons. The number of nitrogens with one attached hydrogen (secondary N) is 1. The predicted molar refractivity (Wildman–Crippen MR) is 68.5 cm³/mol. The lowest BCUT2D eigenvalue weighted by atomic mass is 9.97. The van der Waals surface area contributed by atoms with Crippen molar-refractivity contribution in [3.63, 3.8) is 0 Å². The van der Waals surface area contributed by atoms with Crippen LogP contribution in [0.1, 0.15) is 33.1 Å². The quantitative estimate of drug-likeness (QED) is 0.774. The fourth-order valence-corrected chi connectivity index (χ4v) is 3.11. The summed E-state index contributed by atoms with van der Waals surface area (Å²) in [5.41, 5.74) is 0. The van der Waals surface area contributed by atoms with Gasteiger partial charge in [-0.05, 0) is 36.2 Å². The molecule has 1 saturated heterocycles. The average molecular weight is 245 g/mol. The summed E-state index contributed by atoms with van der Waals surface area (Å²) >= 11 is 1.98. The molecule has 16 heavy (non-hydrogen) atoms. The van der Waals surface area contributed by atoms with Gasteiger partial charge in [-0.2, -0.15) is 11.8 Å². The summed E-state index contributed by atoms with van der Waals surface area (Å²) in [5.74, 6) is 3.31. The van der Waals surface area contributed by atoms with Crippen molar-refractivity contribution in [2.24, 2.45) is 11.8 Å². The summed E-state index contributed by atoms with van der Waals surface area (Å²) < 4.78 is 0. The molecule has 0 aromatic carbocycles. The number of carbonyl (C=O) groups is 1. The van der Waals surface area contributed by atoms with E-state index in [0.29, 0.717) is 12.3 Å². The number of aliphatic hydroxyl groups excluding tert-OH is 1. The molecule has 1 heterocycles. The summed E-state index contributed by atoms with van der Waals surface area (Å²) in [6.07, 6.45) is 2.94. The van der Waals surface area contributed by atoms with Crippen molar-refractivity contribution in [3.05, 3.63) is 0 Å². The van der Waals surface area contributed by atoms with E-state index in [0.717, 1.165) is 12.8 Å². The summed E-state index contributed by atoms with van der Waals surface area (Å²) in [6.45, 7) is 4.06. The van der Waals surface area contributed by atoms with E-state index in [1.54, 1.807) is 0 Å². The van der Waals surface area contributed by atoms with Gasteiger partial charge >= 0.3 is 0 Å². The first-order valence-corrected chi connectivity index (χ1v) is 7.27. The van der Waals surface area contributed by atoms with Crippen molar-refractivity contribution < 1.29 is 9.90 Å². The fraction of sp³-hybridized carbons (Fsp3) is 0.917. The third-order valence-corrected chi connectivity index (χ3v) is 4.21. The number of carbonyl (C=O) groups excluding carboxylic acids is 1. The van der Waals surface area contributed by atoms with Crippen LogP contribution >= 0.6 is 11.8 Å². The lowest BCUT2D eigenvalue weighted by molar-refractivity contribution is -0.123. The van der Waals surface area contributed by atoms with Crippen LogP contribution in [-0.4, -0.2) is 35.2 Å². The van der Waals surface area contributed by atoms with Crippen LogP contribution in [0.3, 0.4) is 0 Å². The second-order valence-corrected chi connectivity index (χ2v) is 6.09. The summed E-state index contributed by atoms with van der Waals surface area (Å²) in [7, 11) is 0. The maximum atomic E-state index is 11.8.